The van der Waals surface area contributed by atoms with E-state index in [1.54, 1.807) is 0 Å². The number of H-pyrrole nitrogens is 1. The number of aliphatic hydroxyl groups excluding tert-OH is 5. The van der Waals surface area contributed by atoms with Crippen molar-refractivity contribution in [2.45, 2.75) is 30.1 Å². The first kappa shape index (κ1) is 34.5. The van der Waals surface area contributed by atoms with Gasteiger partial charge in [0.2, 0.25) is 5.95 Å². The van der Waals surface area contributed by atoms with E-state index in [0.717, 1.165) is 10.9 Å². The fourth-order valence-electron chi connectivity index (χ4n) is 2.85. The number of aromatic nitrogens is 4. The van der Waals surface area contributed by atoms with Gasteiger partial charge in [-0.15, -0.1) is 0 Å². The second-order valence-electron chi connectivity index (χ2n) is 8.04. The number of nitrogens with zero attached hydrogens (tertiary/aromatic N) is 3. The molecule has 40 heavy (non-hydrogen) atoms. The lowest BCUT2D eigenvalue weighted by Gasteiger charge is -2.20. The van der Waals surface area contributed by atoms with Crippen molar-refractivity contribution in [1.29, 1.82) is 0 Å². The Hall–Kier alpha value is -1.72. The number of anilines is 1. The van der Waals surface area contributed by atoms with Crippen LogP contribution in [0.1, 0.15) is 6.23 Å². The quantitative estimate of drug-likeness (QED) is 0.102. The molecular weight excluding hydrogens is 617 g/mol. The van der Waals surface area contributed by atoms with E-state index in [4.69, 9.17) is 46.2 Å². The van der Waals surface area contributed by atoms with Crippen LogP contribution in [0.15, 0.2) is 11.1 Å². The van der Waals surface area contributed by atoms with Crippen LogP contribution in [0.3, 0.4) is 0 Å². The lowest BCUT2D eigenvalue weighted by molar-refractivity contribution is -0.0503. The van der Waals surface area contributed by atoms with Crippen LogP contribution in [-0.2, 0) is 31.6 Å². The Morgan fingerprint density at radius 1 is 1.02 bits per heavy atom. The average molecular weight is 644 g/mol. The molecule has 6 unspecified atom stereocenters. The Morgan fingerprint density at radius 2 is 1.60 bits per heavy atom. The van der Waals surface area contributed by atoms with E-state index >= 15 is 0 Å². The lowest BCUT2D eigenvalue weighted by atomic mass is 10.1. The number of phosphoric ester groups is 1. The summed E-state index contributed by atoms with van der Waals surface area (Å²) in [4.78, 5) is 57.3. The molecule has 230 valence electrons. The topological polar surface area (TPSA) is 386 Å². The van der Waals surface area contributed by atoms with Crippen molar-refractivity contribution in [3.8, 4) is 0 Å². The maximum Gasteiger partial charge on any atom is 0.490 e. The van der Waals surface area contributed by atoms with E-state index in [9.17, 15) is 33.6 Å². The van der Waals surface area contributed by atoms with E-state index < -0.39 is 85.5 Å². The largest absolute Gasteiger partial charge is 0.490 e. The molecule has 0 radical (unpaired) electrons. The van der Waals surface area contributed by atoms with Gasteiger partial charge in [0.05, 0.1) is 38.3 Å². The molecule has 23 nitrogen and oxygen atoms in total. The number of nitrogen functional groups attached to an aromatic ring is 1. The fourth-order valence-corrected chi connectivity index (χ4v) is 5.88. The molecule has 26 heteroatoms. The number of hydrogen-bond donors (Lipinski definition) is 12. The predicted molar refractivity (Wildman–Crippen MR) is 126 cm³/mol. The maximum absolute atomic E-state index is 11.9. The number of imidazole rings is 1. The molecule has 1 fully saturated rings. The number of rotatable bonds is 11. The first-order chi connectivity index (χ1) is 18.3. The Morgan fingerprint density at radius 3 is 2.10 bits per heavy atom. The number of phosphoric acid groups is 3. The molecule has 0 aromatic carbocycles. The van der Waals surface area contributed by atoms with E-state index in [2.05, 4.69) is 28.1 Å². The van der Waals surface area contributed by atoms with E-state index in [1.807, 2.05) is 0 Å². The third-order valence-corrected chi connectivity index (χ3v) is 8.63. The third-order valence-electron chi connectivity index (χ3n) is 4.82. The molecule has 0 saturated carbocycles. The molecule has 0 amide bonds. The minimum absolute atomic E-state index is 0.115. The van der Waals surface area contributed by atoms with Gasteiger partial charge in [0.25, 0.3) is 5.56 Å². The number of hydrogen-bond acceptors (Lipinski definition) is 17. The molecule has 14 N–H and O–H groups in total. The van der Waals surface area contributed by atoms with Gasteiger partial charge in [0.1, 0.15) is 18.3 Å². The van der Waals surface area contributed by atoms with Crippen LogP contribution < -0.4 is 17.0 Å². The molecule has 0 aliphatic carbocycles. The van der Waals surface area contributed by atoms with Crippen LogP contribution in [0.2, 0.25) is 0 Å². The minimum Gasteiger partial charge on any atom is -0.394 e. The first-order valence-corrected chi connectivity index (χ1v) is 14.9. The normalized spacial score (nSPS) is 24.8. The van der Waals surface area contributed by atoms with Crippen LogP contribution in [0, 0.1) is 0 Å². The highest BCUT2D eigenvalue weighted by molar-refractivity contribution is 7.66. The zero-order valence-electron chi connectivity index (χ0n) is 19.8. The number of ether oxygens (including phenoxy) is 1. The number of aliphatic hydroxyl groups is 5. The molecule has 1 aliphatic rings. The van der Waals surface area contributed by atoms with Crippen molar-refractivity contribution in [2.24, 2.45) is 5.73 Å². The monoisotopic (exact) mass is 644 g/mol. The van der Waals surface area contributed by atoms with Crippen LogP contribution in [-0.4, -0.2) is 115 Å². The summed E-state index contributed by atoms with van der Waals surface area (Å²) < 4.78 is 51.6. The van der Waals surface area contributed by atoms with E-state index in [0.29, 0.717) is 0 Å². The summed E-state index contributed by atoms with van der Waals surface area (Å²) in [6.45, 7) is -2.22. The van der Waals surface area contributed by atoms with Crippen molar-refractivity contribution in [2.75, 3.05) is 32.2 Å². The molecule has 3 rings (SSSR count). The minimum atomic E-state index is -5.73. The predicted octanol–water partition coefficient (Wildman–Crippen LogP) is -4.67. The number of aromatic amines is 1. The maximum atomic E-state index is 11.9. The standard InChI is InChI=1S/C10H16N5O14P3.C4H11NO3/c11-10-13-7-4(8(18)14-10)12-2-15(7)9-6(17)5(16)3(27-9)1-26-31(22,23)29-32(24,25)28-30(19,20)21;5-4(1-6,2-7)3-8/h2-3,5-6,9,16-17H,1H2,(H,22,23)(H,24,25)(H2,19,20,21)(H3,11,13,14,18);6-8H,1-3,5H2. The summed E-state index contributed by atoms with van der Waals surface area (Å²) in [7, 11) is -16.8. The molecule has 2 aromatic heterocycles. The first-order valence-electron chi connectivity index (χ1n) is 10.4. The average Bonchev–Trinajstić information content (AvgIpc) is 3.36. The van der Waals surface area contributed by atoms with Gasteiger partial charge >= 0.3 is 23.5 Å². The highest BCUT2D eigenvalue weighted by atomic mass is 31.3. The van der Waals surface area contributed by atoms with Gasteiger partial charge in [0.15, 0.2) is 17.4 Å². The van der Waals surface area contributed by atoms with Crippen LogP contribution in [0.25, 0.3) is 11.2 Å². The molecule has 1 saturated heterocycles. The Labute approximate surface area is 222 Å². The summed E-state index contributed by atoms with van der Waals surface area (Å²) in [6, 6.07) is 0. The van der Waals surface area contributed by atoms with E-state index in [1.165, 1.54) is 0 Å². The molecule has 0 spiro atoms. The number of nitrogens with two attached hydrogens (primary N) is 2. The van der Waals surface area contributed by atoms with Crippen molar-refractivity contribution < 1.29 is 76.7 Å². The van der Waals surface area contributed by atoms with Crippen LogP contribution >= 0.6 is 23.5 Å². The second kappa shape index (κ2) is 13.1. The number of nitrogens with one attached hydrogen (secondary N) is 1. The summed E-state index contributed by atoms with van der Waals surface area (Å²) in [5, 5.41) is 45.4. The lowest BCUT2D eigenvalue weighted by Crippen LogP contribution is -2.50. The van der Waals surface area contributed by atoms with Crippen molar-refractivity contribution in [3.05, 3.63) is 16.7 Å². The Bertz CT molecular complexity index is 1350. The summed E-state index contributed by atoms with van der Waals surface area (Å²) in [5.74, 6) is -0.276. The second-order valence-corrected chi connectivity index (χ2v) is 12.5. The van der Waals surface area contributed by atoms with Gasteiger partial charge in [-0.2, -0.15) is 13.6 Å². The zero-order chi connectivity index (χ0) is 30.7. The van der Waals surface area contributed by atoms with Crippen LogP contribution in [0.5, 0.6) is 0 Å². The molecule has 6 atom stereocenters. The van der Waals surface area contributed by atoms with E-state index in [-0.39, 0.29) is 17.1 Å². The molecule has 1 aliphatic heterocycles. The number of fused-ring (bicyclic) bond motifs is 1. The Balaban J connectivity index is 0.000000611. The highest BCUT2D eigenvalue weighted by Crippen LogP contribution is 2.66. The van der Waals surface area contributed by atoms with Crippen molar-refractivity contribution in [3.63, 3.8) is 0 Å². The van der Waals surface area contributed by atoms with Crippen molar-refractivity contribution in [1.82, 2.24) is 19.5 Å². The zero-order valence-corrected chi connectivity index (χ0v) is 22.5. The van der Waals surface area contributed by atoms with Crippen LogP contribution in [0.4, 0.5) is 5.95 Å². The molecule has 3 heterocycles. The summed E-state index contributed by atoms with van der Waals surface area (Å²) >= 11 is 0. The molecule has 0 bridgehead atoms. The summed E-state index contributed by atoms with van der Waals surface area (Å²) in [5.41, 5.74) is 8.44. The Kier molecular flexibility index (Phi) is 11.3. The van der Waals surface area contributed by atoms with Gasteiger partial charge < -0.3 is 61.3 Å². The fraction of sp³-hybridized carbons (Fsp3) is 0.643. The third kappa shape index (κ3) is 9.14. The van der Waals surface area contributed by atoms with Crippen molar-refractivity contribution >= 4 is 40.6 Å². The SMILES string of the molecule is NC(CO)(CO)CO.Nc1nc2c(ncn2C2OC(COP(=O)(O)OP(=O)(O)OP(=O)(O)O)C(O)C2O)c(=O)[nH]1. The van der Waals surface area contributed by atoms with Gasteiger partial charge in [0, 0.05) is 0 Å². The van der Waals surface area contributed by atoms with Gasteiger partial charge in [-0.1, -0.05) is 0 Å². The van der Waals surface area contributed by atoms with Gasteiger partial charge in [-0.05, 0) is 0 Å². The van der Waals surface area contributed by atoms with Gasteiger partial charge in [-0.25, -0.2) is 18.7 Å². The summed E-state index contributed by atoms with van der Waals surface area (Å²) in [6.07, 6.45) is -5.33. The molecular formula is C14H27N6O17P3. The highest BCUT2D eigenvalue weighted by Gasteiger charge is 2.47. The molecule has 2 aromatic rings. The smallest absolute Gasteiger partial charge is 0.394 e. The van der Waals surface area contributed by atoms with Gasteiger partial charge in [-0.3, -0.25) is 18.9 Å².